The molecule has 2 aromatic rings. The number of amides is 2. The second kappa shape index (κ2) is 8.29. The molecule has 1 heterocycles. The van der Waals surface area contributed by atoms with Crippen LogP contribution in [0.4, 0.5) is 0 Å². The van der Waals surface area contributed by atoms with Crippen molar-refractivity contribution >= 4 is 17.8 Å². The Bertz CT molecular complexity index is 962. The van der Waals surface area contributed by atoms with Gasteiger partial charge in [0.05, 0.1) is 23.6 Å². The van der Waals surface area contributed by atoms with Gasteiger partial charge in [0.15, 0.2) is 0 Å². The minimum atomic E-state index is -0.528. The number of nitrogens with zero attached hydrogens (tertiary/aromatic N) is 1. The maximum atomic E-state index is 13.0. The lowest BCUT2D eigenvalue weighted by atomic mass is 9.84. The van der Waals surface area contributed by atoms with Crippen LogP contribution in [0.5, 0.6) is 0 Å². The average Bonchev–Trinajstić information content (AvgIpc) is 3.32. The molecular formula is C26H29NO4. The molecule has 162 valence electrons. The van der Waals surface area contributed by atoms with E-state index in [0.717, 1.165) is 36.8 Å². The van der Waals surface area contributed by atoms with E-state index in [1.165, 1.54) is 4.90 Å². The molecule has 0 aromatic heterocycles. The van der Waals surface area contributed by atoms with Crippen molar-refractivity contribution < 1.29 is 19.1 Å². The normalized spacial score (nSPS) is 17.7. The van der Waals surface area contributed by atoms with Gasteiger partial charge < -0.3 is 4.74 Å². The number of hydrogen-bond donors (Lipinski definition) is 0. The summed E-state index contributed by atoms with van der Waals surface area (Å²) < 4.78 is 5.73. The molecule has 5 nitrogen and oxygen atoms in total. The van der Waals surface area contributed by atoms with Gasteiger partial charge in [-0.05, 0) is 62.8 Å². The fraction of sp³-hybridized carbons (Fsp3) is 0.423. The summed E-state index contributed by atoms with van der Waals surface area (Å²) in [6.07, 6.45) is 4.34. The van der Waals surface area contributed by atoms with Gasteiger partial charge in [0.1, 0.15) is 5.60 Å². The fourth-order valence-corrected chi connectivity index (χ4v) is 4.65. The SMILES string of the molecule is CC(C)(C)OC(=O)C(c1ccc(CN2C(=O)c3ccccc3C2=O)cc1)C1CCCC1. The van der Waals surface area contributed by atoms with Crippen molar-refractivity contribution in [2.45, 2.75) is 64.5 Å². The molecule has 5 heteroatoms. The molecule has 1 saturated carbocycles. The summed E-state index contributed by atoms with van der Waals surface area (Å²) >= 11 is 0. The van der Waals surface area contributed by atoms with Crippen molar-refractivity contribution in [2.75, 3.05) is 0 Å². The molecule has 1 aliphatic heterocycles. The molecule has 1 unspecified atom stereocenters. The van der Waals surface area contributed by atoms with Crippen LogP contribution in [0.2, 0.25) is 0 Å². The zero-order chi connectivity index (χ0) is 22.2. The van der Waals surface area contributed by atoms with Gasteiger partial charge >= 0.3 is 5.97 Å². The third-order valence-electron chi connectivity index (χ3n) is 6.09. The Kier molecular flexibility index (Phi) is 5.69. The zero-order valence-corrected chi connectivity index (χ0v) is 18.4. The Labute approximate surface area is 183 Å². The predicted octanol–water partition coefficient (Wildman–Crippen LogP) is 5.10. The van der Waals surface area contributed by atoms with E-state index in [1.54, 1.807) is 24.3 Å². The van der Waals surface area contributed by atoms with E-state index >= 15 is 0 Å². The van der Waals surface area contributed by atoms with E-state index < -0.39 is 5.60 Å². The van der Waals surface area contributed by atoms with E-state index in [1.807, 2.05) is 45.0 Å². The zero-order valence-electron chi connectivity index (χ0n) is 18.4. The third-order valence-corrected chi connectivity index (χ3v) is 6.09. The van der Waals surface area contributed by atoms with Crippen LogP contribution in [-0.2, 0) is 16.1 Å². The van der Waals surface area contributed by atoms with Crippen LogP contribution < -0.4 is 0 Å². The summed E-state index contributed by atoms with van der Waals surface area (Å²) in [6, 6.07) is 14.6. The highest BCUT2D eigenvalue weighted by Crippen LogP contribution is 2.39. The summed E-state index contributed by atoms with van der Waals surface area (Å²) in [6.45, 7) is 5.89. The largest absolute Gasteiger partial charge is 0.459 e. The van der Waals surface area contributed by atoms with Crippen molar-refractivity contribution in [1.29, 1.82) is 0 Å². The number of esters is 1. The van der Waals surface area contributed by atoms with Crippen LogP contribution in [-0.4, -0.2) is 28.3 Å². The highest BCUT2D eigenvalue weighted by atomic mass is 16.6. The molecule has 1 atom stereocenters. The molecule has 4 rings (SSSR count). The van der Waals surface area contributed by atoms with E-state index in [4.69, 9.17) is 4.74 Å². The van der Waals surface area contributed by atoms with E-state index in [9.17, 15) is 14.4 Å². The lowest BCUT2D eigenvalue weighted by molar-refractivity contribution is -0.158. The maximum Gasteiger partial charge on any atom is 0.314 e. The lowest BCUT2D eigenvalue weighted by Gasteiger charge is -2.27. The topological polar surface area (TPSA) is 63.7 Å². The van der Waals surface area contributed by atoms with E-state index in [2.05, 4.69) is 0 Å². The first-order chi connectivity index (χ1) is 14.7. The first-order valence-corrected chi connectivity index (χ1v) is 11.0. The fourth-order valence-electron chi connectivity index (χ4n) is 4.65. The Balaban J connectivity index is 1.53. The monoisotopic (exact) mass is 419 g/mol. The van der Waals surface area contributed by atoms with Gasteiger partial charge in [0, 0.05) is 0 Å². The molecular weight excluding hydrogens is 390 g/mol. The Hall–Kier alpha value is -2.95. The van der Waals surface area contributed by atoms with Gasteiger partial charge in [0.25, 0.3) is 11.8 Å². The molecule has 0 bridgehead atoms. The molecule has 2 aromatic carbocycles. The quantitative estimate of drug-likeness (QED) is 0.500. The molecule has 0 saturated heterocycles. The Morgan fingerprint density at radius 1 is 0.968 bits per heavy atom. The van der Waals surface area contributed by atoms with Crippen molar-refractivity contribution in [3.8, 4) is 0 Å². The van der Waals surface area contributed by atoms with Crippen LogP contribution in [0, 0.1) is 5.92 Å². The first kappa shape index (κ1) is 21.3. The summed E-state index contributed by atoms with van der Waals surface area (Å²) in [5.41, 5.74) is 2.17. The second-order valence-electron chi connectivity index (χ2n) is 9.54. The third kappa shape index (κ3) is 4.41. The summed E-state index contributed by atoms with van der Waals surface area (Å²) in [5, 5.41) is 0. The lowest BCUT2D eigenvalue weighted by Crippen LogP contribution is -2.31. The van der Waals surface area contributed by atoms with Crippen LogP contribution >= 0.6 is 0 Å². The standard InChI is InChI=1S/C26H29NO4/c1-26(2,3)31-25(30)22(18-8-4-5-9-18)19-14-12-17(13-15-19)16-27-23(28)20-10-6-7-11-21(20)24(27)29/h6-7,10-15,18,22H,4-5,8-9,16H2,1-3H3. The van der Waals surface area contributed by atoms with Gasteiger partial charge in [-0.25, -0.2) is 0 Å². The first-order valence-electron chi connectivity index (χ1n) is 11.0. The van der Waals surface area contributed by atoms with Crippen molar-refractivity contribution in [1.82, 2.24) is 4.90 Å². The predicted molar refractivity (Wildman–Crippen MR) is 118 cm³/mol. The average molecular weight is 420 g/mol. The Morgan fingerprint density at radius 2 is 1.52 bits per heavy atom. The number of rotatable bonds is 5. The summed E-state index contributed by atoms with van der Waals surface area (Å²) in [7, 11) is 0. The number of carbonyl (C=O) groups is 3. The van der Waals surface area contributed by atoms with Crippen LogP contribution in [0.3, 0.4) is 0 Å². The van der Waals surface area contributed by atoms with Crippen molar-refractivity contribution in [2.24, 2.45) is 5.92 Å². The van der Waals surface area contributed by atoms with Gasteiger partial charge in [-0.3, -0.25) is 19.3 Å². The molecule has 31 heavy (non-hydrogen) atoms. The number of imide groups is 1. The number of carbonyl (C=O) groups excluding carboxylic acids is 3. The second-order valence-corrected chi connectivity index (χ2v) is 9.54. The maximum absolute atomic E-state index is 13.0. The van der Waals surface area contributed by atoms with E-state index in [-0.39, 0.29) is 36.2 Å². The van der Waals surface area contributed by atoms with Gasteiger partial charge in [-0.2, -0.15) is 0 Å². The number of fused-ring (bicyclic) bond motifs is 1. The molecule has 0 spiro atoms. The summed E-state index contributed by atoms with van der Waals surface area (Å²) in [5.74, 6) is -0.691. The van der Waals surface area contributed by atoms with Gasteiger partial charge in [-0.15, -0.1) is 0 Å². The number of hydrogen-bond acceptors (Lipinski definition) is 4. The minimum absolute atomic E-state index is 0.174. The molecule has 0 N–H and O–H groups in total. The van der Waals surface area contributed by atoms with Crippen LogP contribution in [0.25, 0.3) is 0 Å². The van der Waals surface area contributed by atoms with Crippen molar-refractivity contribution in [3.63, 3.8) is 0 Å². The summed E-state index contributed by atoms with van der Waals surface area (Å²) in [4.78, 5) is 39.5. The van der Waals surface area contributed by atoms with Crippen LogP contribution in [0.15, 0.2) is 48.5 Å². The number of ether oxygens (including phenoxy) is 1. The highest BCUT2D eigenvalue weighted by molar-refractivity contribution is 6.21. The molecule has 2 aliphatic rings. The van der Waals surface area contributed by atoms with Gasteiger partial charge in [-0.1, -0.05) is 49.2 Å². The van der Waals surface area contributed by atoms with Crippen molar-refractivity contribution in [3.05, 3.63) is 70.8 Å². The highest BCUT2D eigenvalue weighted by Gasteiger charge is 2.36. The van der Waals surface area contributed by atoms with Crippen LogP contribution in [0.1, 0.15) is 84.2 Å². The smallest absolute Gasteiger partial charge is 0.314 e. The molecule has 0 radical (unpaired) electrons. The molecule has 1 aliphatic carbocycles. The number of benzene rings is 2. The van der Waals surface area contributed by atoms with Gasteiger partial charge in [0.2, 0.25) is 0 Å². The molecule has 2 amide bonds. The minimum Gasteiger partial charge on any atom is -0.459 e. The Morgan fingerprint density at radius 3 is 2.03 bits per heavy atom. The molecule has 1 fully saturated rings. The van der Waals surface area contributed by atoms with E-state index in [0.29, 0.717) is 11.1 Å².